The Morgan fingerprint density at radius 1 is 0.927 bits per heavy atom. The fourth-order valence-electron chi connectivity index (χ4n) is 6.44. The van der Waals surface area contributed by atoms with Crippen LogP contribution in [0.1, 0.15) is 79.1 Å². The summed E-state index contributed by atoms with van der Waals surface area (Å²) < 4.78 is 5.25. The number of carbonyl (C=O) groups is 3. The van der Waals surface area contributed by atoms with E-state index in [1.807, 2.05) is 62.4 Å². The number of nitrogens with zero attached hydrogens (tertiary/aromatic N) is 1. The molecule has 1 N–H and O–H groups in total. The first kappa shape index (κ1) is 29.0. The van der Waals surface area contributed by atoms with Gasteiger partial charge >= 0.3 is 0 Å². The molecule has 1 saturated carbocycles. The summed E-state index contributed by atoms with van der Waals surface area (Å²) in [5, 5.41) is 5.25. The molecule has 1 fully saturated rings. The molecule has 1 heterocycles. The van der Waals surface area contributed by atoms with Gasteiger partial charge in [-0.05, 0) is 91.4 Å². The Balaban J connectivity index is 1.08. The first-order valence-corrected chi connectivity index (χ1v) is 15.2. The van der Waals surface area contributed by atoms with Gasteiger partial charge in [0.25, 0.3) is 12.4 Å². The first-order valence-electron chi connectivity index (χ1n) is 15.2. The molecule has 2 aliphatic rings. The quantitative estimate of drug-likeness (QED) is 0.244. The van der Waals surface area contributed by atoms with E-state index < -0.39 is 6.10 Å². The third kappa shape index (κ3) is 7.23. The minimum Gasteiger partial charge on any atom is -0.449 e. The summed E-state index contributed by atoms with van der Waals surface area (Å²) >= 11 is 0. The summed E-state index contributed by atoms with van der Waals surface area (Å²) in [5.41, 5.74) is 4.24. The minimum atomic E-state index is -0.943. The molecule has 0 aromatic heterocycles. The number of fused-ring (bicyclic) bond motifs is 2. The molecule has 3 aromatic carbocycles. The third-order valence-electron chi connectivity index (χ3n) is 8.96. The van der Waals surface area contributed by atoms with Crippen molar-refractivity contribution < 1.29 is 19.1 Å². The number of ketones is 1. The predicted octanol–water partition coefficient (Wildman–Crippen LogP) is 6.06. The second-order valence-corrected chi connectivity index (χ2v) is 12.1. The SMILES string of the molecule is CC(C)C(=O)c1ccc2c(c1)CCN(CCC1CCC(NC(=O)C(OC=O)c3ccc4ccccc4c3)CC1)CC2. The van der Waals surface area contributed by atoms with Gasteiger partial charge in [-0.3, -0.25) is 14.4 Å². The van der Waals surface area contributed by atoms with Crippen molar-refractivity contribution in [2.24, 2.45) is 11.8 Å². The number of carbonyl (C=O) groups excluding carboxylic acids is 3. The Morgan fingerprint density at radius 2 is 1.66 bits per heavy atom. The Hall–Kier alpha value is -3.51. The first-order chi connectivity index (χ1) is 19.9. The highest BCUT2D eigenvalue weighted by atomic mass is 16.5. The molecule has 0 spiro atoms. The van der Waals surface area contributed by atoms with E-state index in [0.29, 0.717) is 18.0 Å². The van der Waals surface area contributed by atoms with E-state index in [1.54, 1.807) is 0 Å². The van der Waals surface area contributed by atoms with Crippen LogP contribution in [0.25, 0.3) is 10.8 Å². The summed E-state index contributed by atoms with van der Waals surface area (Å²) in [6, 6.07) is 20.1. The normalized spacial score (nSPS) is 20.2. The number of ether oxygens (including phenoxy) is 1. The highest BCUT2D eigenvalue weighted by Gasteiger charge is 2.28. The Morgan fingerprint density at radius 3 is 2.39 bits per heavy atom. The lowest BCUT2D eigenvalue weighted by Crippen LogP contribution is -2.41. The molecule has 6 heteroatoms. The van der Waals surface area contributed by atoms with E-state index in [9.17, 15) is 14.4 Å². The molecular formula is C35H42N2O4. The van der Waals surface area contributed by atoms with Crippen molar-refractivity contribution in [2.45, 2.75) is 70.9 Å². The zero-order valence-corrected chi connectivity index (χ0v) is 24.3. The Kier molecular flexibility index (Phi) is 9.50. The van der Waals surface area contributed by atoms with Crippen molar-refractivity contribution in [2.75, 3.05) is 19.6 Å². The topological polar surface area (TPSA) is 75.7 Å². The smallest absolute Gasteiger partial charge is 0.294 e. The largest absolute Gasteiger partial charge is 0.449 e. The van der Waals surface area contributed by atoms with Crippen LogP contribution in [0.15, 0.2) is 60.7 Å². The van der Waals surface area contributed by atoms with Gasteiger partial charge in [0.1, 0.15) is 0 Å². The molecular weight excluding hydrogens is 512 g/mol. The summed E-state index contributed by atoms with van der Waals surface area (Å²) in [6.07, 6.45) is 6.33. The summed E-state index contributed by atoms with van der Waals surface area (Å²) in [6.45, 7) is 7.46. The van der Waals surface area contributed by atoms with Crippen molar-refractivity contribution in [1.82, 2.24) is 10.2 Å². The number of Topliss-reactive ketones (excluding diaryl/α,β-unsaturated/α-hetero) is 1. The summed E-state index contributed by atoms with van der Waals surface area (Å²) in [5.74, 6) is 0.653. The van der Waals surface area contributed by atoms with Gasteiger partial charge in [-0.2, -0.15) is 0 Å². The van der Waals surface area contributed by atoms with Crippen LogP contribution in [0.3, 0.4) is 0 Å². The molecule has 0 radical (unpaired) electrons. The molecule has 216 valence electrons. The van der Waals surface area contributed by atoms with Crippen LogP contribution < -0.4 is 5.32 Å². The number of nitrogens with one attached hydrogen (secondary N) is 1. The fourth-order valence-corrected chi connectivity index (χ4v) is 6.44. The standard InChI is InChI=1S/C35H42N2O4/c1-24(2)33(39)30-11-9-27-16-19-37(20-17-29(27)21-30)18-15-25-7-13-32(14-8-25)36-35(40)34(41-23-38)31-12-10-26-5-3-4-6-28(26)22-31/h3-6,9-12,21-25,32,34H,7-8,13-20H2,1-2H3,(H,36,40). The highest BCUT2D eigenvalue weighted by molar-refractivity contribution is 5.97. The van der Waals surface area contributed by atoms with Gasteiger partial charge in [-0.15, -0.1) is 0 Å². The number of hydrogen-bond acceptors (Lipinski definition) is 5. The second kappa shape index (κ2) is 13.4. The van der Waals surface area contributed by atoms with Crippen LogP contribution in [-0.2, 0) is 27.2 Å². The number of benzene rings is 3. The zero-order valence-electron chi connectivity index (χ0n) is 24.3. The number of amides is 1. The van der Waals surface area contributed by atoms with Crippen LogP contribution in [0.5, 0.6) is 0 Å². The average Bonchev–Trinajstić information content (AvgIpc) is 3.20. The van der Waals surface area contributed by atoms with E-state index in [4.69, 9.17) is 4.74 Å². The van der Waals surface area contributed by atoms with Crippen LogP contribution in [0, 0.1) is 11.8 Å². The van der Waals surface area contributed by atoms with Crippen LogP contribution >= 0.6 is 0 Å². The van der Waals surface area contributed by atoms with E-state index in [2.05, 4.69) is 22.3 Å². The van der Waals surface area contributed by atoms with Gasteiger partial charge in [0, 0.05) is 36.2 Å². The lowest BCUT2D eigenvalue weighted by molar-refractivity contribution is -0.146. The lowest BCUT2D eigenvalue weighted by Gasteiger charge is -2.31. The highest BCUT2D eigenvalue weighted by Crippen LogP contribution is 2.29. The third-order valence-corrected chi connectivity index (χ3v) is 8.96. The maximum Gasteiger partial charge on any atom is 0.294 e. The molecule has 41 heavy (non-hydrogen) atoms. The van der Waals surface area contributed by atoms with Gasteiger partial charge in [-0.1, -0.05) is 62.4 Å². The molecule has 1 unspecified atom stereocenters. The van der Waals surface area contributed by atoms with Crippen LogP contribution in [-0.4, -0.2) is 48.7 Å². The Bertz CT molecular complexity index is 1380. The van der Waals surface area contributed by atoms with Crippen molar-refractivity contribution in [3.05, 3.63) is 82.9 Å². The minimum absolute atomic E-state index is 0.0226. The maximum atomic E-state index is 13.1. The monoisotopic (exact) mass is 554 g/mol. The van der Waals surface area contributed by atoms with Gasteiger partial charge in [0.05, 0.1) is 0 Å². The van der Waals surface area contributed by atoms with Crippen molar-refractivity contribution in [3.63, 3.8) is 0 Å². The van der Waals surface area contributed by atoms with E-state index >= 15 is 0 Å². The lowest BCUT2D eigenvalue weighted by atomic mass is 9.84. The second-order valence-electron chi connectivity index (χ2n) is 12.1. The number of rotatable bonds is 10. The molecule has 1 atom stereocenters. The molecule has 5 rings (SSSR count). The van der Waals surface area contributed by atoms with Gasteiger partial charge in [0.2, 0.25) is 6.10 Å². The molecule has 0 saturated heterocycles. The van der Waals surface area contributed by atoms with Crippen molar-refractivity contribution in [3.8, 4) is 0 Å². The van der Waals surface area contributed by atoms with E-state index in [1.165, 1.54) is 17.5 Å². The number of hydrogen-bond donors (Lipinski definition) is 1. The molecule has 3 aromatic rings. The van der Waals surface area contributed by atoms with E-state index in [-0.39, 0.29) is 23.7 Å². The van der Waals surface area contributed by atoms with E-state index in [0.717, 1.165) is 74.5 Å². The molecule has 0 bridgehead atoms. The van der Waals surface area contributed by atoms with Gasteiger partial charge in [-0.25, -0.2) is 0 Å². The molecule has 1 aliphatic heterocycles. The van der Waals surface area contributed by atoms with Gasteiger partial charge in [0.15, 0.2) is 5.78 Å². The van der Waals surface area contributed by atoms with Crippen LogP contribution in [0.4, 0.5) is 0 Å². The predicted molar refractivity (Wildman–Crippen MR) is 162 cm³/mol. The van der Waals surface area contributed by atoms with Crippen molar-refractivity contribution >= 4 is 28.9 Å². The Labute approximate surface area is 243 Å². The van der Waals surface area contributed by atoms with Crippen molar-refractivity contribution in [1.29, 1.82) is 0 Å². The van der Waals surface area contributed by atoms with Gasteiger partial charge < -0.3 is 15.0 Å². The summed E-state index contributed by atoms with van der Waals surface area (Å²) in [7, 11) is 0. The molecule has 1 aliphatic carbocycles. The molecule has 6 nitrogen and oxygen atoms in total. The molecule has 1 amide bonds. The maximum absolute atomic E-state index is 13.1. The average molecular weight is 555 g/mol. The van der Waals surface area contributed by atoms with Crippen LogP contribution in [0.2, 0.25) is 0 Å². The zero-order chi connectivity index (χ0) is 28.8. The fraction of sp³-hybridized carbons (Fsp3) is 0.457. The summed E-state index contributed by atoms with van der Waals surface area (Å²) in [4.78, 5) is 39.4.